The van der Waals surface area contributed by atoms with E-state index in [4.69, 9.17) is 0 Å². The van der Waals surface area contributed by atoms with Crippen molar-refractivity contribution in [1.29, 1.82) is 0 Å². The maximum Gasteiger partial charge on any atom is 0.329 e. The topological polar surface area (TPSA) is 87.2 Å². The van der Waals surface area contributed by atoms with Crippen LogP contribution in [-0.2, 0) is 11.8 Å². The van der Waals surface area contributed by atoms with Gasteiger partial charge >= 0.3 is 5.69 Å². The van der Waals surface area contributed by atoms with Gasteiger partial charge in [0, 0.05) is 20.0 Å². The summed E-state index contributed by atoms with van der Waals surface area (Å²) in [5.74, 6) is 0.0881. The number of aromatic amines is 1. The van der Waals surface area contributed by atoms with Crippen molar-refractivity contribution >= 4 is 17.4 Å². The van der Waals surface area contributed by atoms with Gasteiger partial charge in [-0.25, -0.2) is 4.79 Å². The lowest BCUT2D eigenvalue weighted by Gasteiger charge is -2.38. The zero-order valence-electron chi connectivity index (χ0n) is 10.8. The number of fused-ring (bicyclic) bond motifs is 1. The molecule has 2 heterocycles. The average Bonchev–Trinajstić information content (AvgIpc) is 2.29. The lowest BCUT2D eigenvalue weighted by Crippen LogP contribution is -2.54. The van der Waals surface area contributed by atoms with Crippen LogP contribution < -0.4 is 21.5 Å². The molecule has 98 valence electrons. The smallest absolute Gasteiger partial charge is 0.329 e. The summed E-state index contributed by atoms with van der Waals surface area (Å²) in [5.41, 5.74) is -0.776. The van der Waals surface area contributed by atoms with Crippen LogP contribution in [0.5, 0.6) is 0 Å². The minimum atomic E-state index is -0.503. The number of hydrogen-bond acceptors (Lipinski definition) is 4. The third-order valence-electron chi connectivity index (χ3n) is 3.36. The number of nitrogens with one attached hydrogen (secondary N) is 2. The average molecular weight is 252 g/mol. The first kappa shape index (κ1) is 12.4. The molecule has 2 unspecified atom stereocenters. The van der Waals surface area contributed by atoms with Crippen LogP contribution in [-0.4, -0.2) is 27.5 Å². The van der Waals surface area contributed by atoms with Crippen LogP contribution in [0.25, 0.3) is 0 Å². The summed E-state index contributed by atoms with van der Waals surface area (Å²) in [5, 5.41) is 3.04. The Hall–Kier alpha value is -2.05. The van der Waals surface area contributed by atoms with Crippen LogP contribution in [0.3, 0.4) is 0 Å². The highest BCUT2D eigenvalue weighted by atomic mass is 16.2. The van der Waals surface area contributed by atoms with Gasteiger partial charge in [-0.15, -0.1) is 0 Å². The number of rotatable bonds is 0. The molecule has 0 fully saturated rings. The van der Waals surface area contributed by atoms with E-state index in [2.05, 4.69) is 10.3 Å². The first-order valence-electron chi connectivity index (χ1n) is 5.74. The van der Waals surface area contributed by atoms with Crippen molar-refractivity contribution in [3.05, 3.63) is 20.8 Å². The molecular weight excluding hydrogens is 236 g/mol. The number of H-pyrrole nitrogens is 1. The fourth-order valence-electron chi connectivity index (χ4n) is 2.16. The molecule has 1 aromatic heterocycles. The second-order valence-corrected chi connectivity index (χ2v) is 4.58. The van der Waals surface area contributed by atoms with E-state index in [1.165, 1.54) is 18.9 Å². The van der Waals surface area contributed by atoms with E-state index in [0.29, 0.717) is 5.82 Å². The summed E-state index contributed by atoms with van der Waals surface area (Å²) in [6.45, 7) is 5.15. The Morgan fingerprint density at radius 2 is 1.89 bits per heavy atom. The van der Waals surface area contributed by atoms with Crippen molar-refractivity contribution in [3.63, 3.8) is 0 Å². The molecule has 0 spiro atoms. The van der Waals surface area contributed by atoms with E-state index >= 15 is 0 Å². The second-order valence-electron chi connectivity index (χ2n) is 4.58. The highest BCUT2D eigenvalue weighted by Crippen LogP contribution is 2.27. The Kier molecular flexibility index (Phi) is 2.76. The van der Waals surface area contributed by atoms with Gasteiger partial charge in [0.2, 0.25) is 5.91 Å². The number of hydrogen-bond donors (Lipinski definition) is 2. The largest absolute Gasteiger partial charge is 0.365 e. The number of carbonyl (C=O) groups is 1. The fourth-order valence-corrected chi connectivity index (χ4v) is 2.16. The quantitative estimate of drug-likeness (QED) is 0.659. The zero-order valence-corrected chi connectivity index (χ0v) is 10.8. The van der Waals surface area contributed by atoms with E-state index in [1.807, 2.05) is 13.8 Å². The summed E-state index contributed by atoms with van der Waals surface area (Å²) >= 11 is 0. The lowest BCUT2D eigenvalue weighted by atomic mass is 10.1. The summed E-state index contributed by atoms with van der Waals surface area (Å²) in [6.07, 6.45) is 0. The Labute approximate surface area is 103 Å². The van der Waals surface area contributed by atoms with E-state index in [0.717, 1.165) is 4.57 Å². The molecule has 1 aliphatic rings. The predicted octanol–water partition coefficient (Wildman–Crippen LogP) is -0.371. The molecule has 0 radical (unpaired) electrons. The summed E-state index contributed by atoms with van der Waals surface area (Å²) in [6, 6.07) is -0.210. The summed E-state index contributed by atoms with van der Waals surface area (Å²) < 4.78 is 0.958. The third-order valence-corrected chi connectivity index (χ3v) is 3.36. The predicted molar refractivity (Wildman–Crippen MR) is 68.0 cm³/mol. The number of carbonyl (C=O) groups excluding carboxylic acids is 1. The molecule has 2 rings (SSSR count). The minimum Gasteiger partial charge on any atom is -0.365 e. The van der Waals surface area contributed by atoms with E-state index in [9.17, 15) is 14.4 Å². The van der Waals surface area contributed by atoms with Crippen molar-refractivity contribution < 1.29 is 4.79 Å². The summed E-state index contributed by atoms with van der Waals surface area (Å²) in [4.78, 5) is 39.4. The van der Waals surface area contributed by atoms with E-state index < -0.39 is 11.2 Å². The monoisotopic (exact) mass is 252 g/mol. The van der Waals surface area contributed by atoms with Crippen LogP contribution in [0, 0.1) is 0 Å². The molecule has 0 saturated carbocycles. The highest BCUT2D eigenvalue weighted by Gasteiger charge is 2.34. The van der Waals surface area contributed by atoms with Crippen LogP contribution in [0.4, 0.5) is 11.5 Å². The van der Waals surface area contributed by atoms with E-state index in [1.54, 1.807) is 0 Å². The third kappa shape index (κ3) is 1.62. The number of anilines is 2. The molecule has 2 N–H and O–H groups in total. The Bertz CT molecular complexity index is 616. The molecule has 0 aliphatic carbocycles. The van der Waals surface area contributed by atoms with Crippen LogP contribution >= 0.6 is 0 Å². The normalized spacial score (nSPS) is 22.3. The number of amides is 1. The standard InChI is InChI=1S/C11H16N4O3/c1-5-6(2)15(7(3)16)8-9(12-5)13-11(18)14(4)10(8)17/h5-6,12H,1-4H3,(H,13,18). The Morgan fingerprint density at radius 1 is 1.28 bits per heavy atom. The molecular formula is C11H16N4O3. The first-order valence-corrected chi connectivity index (χ1v) is 5.74. The van der Waals surface area contributed by atoms with Gasteiger partial charge in [-0.2, -0.15) is 0 Å². The lowest BCUT2D eigenvalue weighted by molar-refractivity contribution is -0.117. The van der Waals surface area contributed by atoms with Gasteiger partial charge in [0.05, 0.1) is 6.04 Å². The second kappa shape index (κ2) is 4.01. The SMILES string of the molecule is CC(=O)N1c2c([nH]c(=O)n(C)c2=O)NC(C)C1C. The van der Waals surface area contributed by atoms with Crippen molar-refractivity contribution in [2.45, 2.75) is 32.9 Å². The van der Waals surface area contributed by atoms with Gasteiger partial charge < -0.3 is 5.32 Å². The molecule has 1 aliphatic heterocycles. The molecule has 0 bridgehead atoms. The van der Waals surface area contributed by atoms with Gasteiger partial charge in [0.15, 0.2) is 5.69 Å². The highest BCUT2D eigenvalue weighted by molar-refractivity contribution is 5.96. The van der Waals surface area contributed by atoms with Gasteiger partial charge in [-0.3, -0.25) is 24.0 Å². The first-order chi connectivity index (χ1) is 8.34. The van der Waals surface area contributed by atoms with Crippen molar-refractivity contribution in [1.82, 2.24) is 9.55 Å². The van der Waals surface area contributed by atoms with Crippen molar-refractivity contribution in [2.24, 2.45) is 7.05 Å². The van der Waals surface area contributed by atoms with Crippen LogP contribution in [0.2, 0.25) is 0 Å². The molecule has 0 aromatic carbocycles. The molecule has 0 saturated heterocycles. The molecule has 1 aromatic rings. The fraction of sp³-hybridized carbons (Fsp3) is 0.545. The van der Waals surface area contributed by atoms with Gasteiger partial charge in [0.1, 0.15) is 5.82 Å². The van der Waals surface area contributed by atoms with Crippen LogP contribution in [0.1, 0.15) is 20.8 Å². The Morgan fingerprint density at radius 3 is 2.44 bits per heavy atom. The molecule has 7 nitrogen and oxygen atoms in total. The van der Waals surface area contributed by atoms with Gasteiger partial charge in [-0.1, -0.05) is 0 Å². The van der Waals surface area contributed by atoms with Gasteiger partial charge in [-0.05, 0) is 13.8 Å². The minimum absolute atomic E-state index is 0.0517. The zero-order chi connectivity index (χ0) is 13.6. The molecule has 7 heteroatoms. The van der Waals surface area contributed by atoms with E-state index in [-0.39, 0.29) is 23.7 Å². The van der Waals surface area contributed by atoms with Gasteiger partial charge in [0.25, 0.3) is 5.56 Å². The summed E-state index contributed by atoms with van der Waals surface area (Å²) in [7, 11) is 1.38. The van der Waals surface area contributed by atoms with Crippen LogP contribution in [0.15, 0.2) is 9.59 Å². The molecule has 18 heavy (non-hydrogen) atoms. The number of nitrogens with zero attached hydrogens (tertiary/aromatic N) is 2. The van der Waals surface area contributed by atoms with Crippen molar-refractivity contribution in [2.75, 3.05) is 10.2 Å². The Balaban J connectivity index is 2.77. The maximum absolute atomic E-state index is 12.1. The molecule has 1 amide bonds. The number of aromatic nitrogens is 2. The maximum atomic E-state index is 12.1. The van der Waals surface area contributed by atoms with Crippen molar-refractivity contribution in [3.8, 4) is 0 Å². The molecule has 2 atom stereocenters.